The third-order valence-electron chi connectivity index (χ3n) is 3.87. The Labute approximate surface area is 111 Å². The predicted molar refractivity (Wildman–Crippen MR) is 72.4 cm³/mol. The molecule has 2 aromatic heterocycles. The van der Waals surface area contributed by atoms with Crippen LogP contribution in [0, 0.1) is 0 Å². The van der Waals surface area contributed by atoms with E-state index in [1.807, 2.05) is 10.6 Å². The molecule has 1 aliphatic rings. The molecule has 0 bridgehead atoms. The summed E-state index contributed by atoms with van der Waals surface area (Å²) in [7, 11) is 0. The second-order valence-corrected chi connectivity index (χ2v) is 5.17. The van der Waals surface area contributed by atoms with Crippen LogP contribution in [0.3, 0.4) is 0 Å². The van der Waals surface area contributed by atoms with Gasteiger partial charge < -0.3 is 15.2 Å². The minimum atomic E-state index is -0.995. The lowest BCUT2D eigenvalue weighted by Crippen LogP contribution is -2.08. The molecule has 5 heteroatoms. The highest BCUT2D eigenvalue weighted by Crippen LogP contribution is 2.33. The summed E-state index contributed by atoms with van der Waals surface area (Å²) >= 11 is 0. The number of nitrogens with zero attached hydrogens (tertiary/aromatic N) is 2. The van der Waals surface area contributed by atoms with Crippen LogP contribution < -0.4 is 5.73 Å². The summed E-state index contributed by atoms with van der Waals surface area (Å²) in [6.45, 7) is 0. The molecule has 2 heterocycles. The van der Waals surface area contributed by atoms with Crippen molar-refractivity contribution in [2.75, 3.05) is 5.73 Å². The molecule has 1 aliphatic carbocycles. The molecule has 0 radical (unpaired) electrons. The van der Waals surface area contributed by atoms with Crippen molar-refractivity contribution in [2.24, 2.45) is 0 Å². The maximum absolute atomic E-state index is 11.3. The van der Waals surface area contributed by atoms with Gasteiger partial charge in [0.05, 0.1) is 5.52 Å². The summed E-state index contributed by atoms with van der Waals surface area (Å²) in [5, 5.41) is 9.27. The van der Waals surface area contributed by atoms with E-state index < -0.39 is 5.97 Å². The van der Waals surface area contributed by atoms with E-state index in [2.05, 4.69) is 4.98 Å². The molecule has 0 aliphatic heterocycles. The quantitative estimate of drug-likeness (QED) is 0.868. The highest BCUT2D eigenvalue weighted by molar-refractivity contribution is 5.94. The molecule has 0 atom stereocenters. The van der Waals surface area contributed by atoms with Crippen LogP contribution in [0.1, 0.15) is 54.3 Å². The van der Waals surface area contributed by atoms with Crippen molar-refractivity contribution < 1.29 is 9.90 Å². The predicted octanol–water partition coefficient (Wildman–Crippen LogP) is 2.66. The van der Waals surface area contributed by atoms with E-state index in [0.717, 1.165) is 18.7 Å². The first-order valence-electron chi connectivity index (χ1n) is 6.67. The number of fused-ring (bicyclic) bond motifs is 1. The Morgan fingerprint density at radius 2 is 2.11 bits per heavy atom. The molecule has 1 fully saturated rings. The second-order valence-electron chi connectivity index (χ2n) is 5.17. The Morgan fingerprint density at radius 1 is 1.37 bits per heavy atom. The molecule has 3 N–H and O–H groups in total. The standard InChI is InChI=1S/C14H17N3O2/c15-10-6-7-17-11(8-10)12(14(18)19)16-13(17)9-4-2-1-3-5-9/h6-9H,1-5,15H2,(H,18,19). The van der Waals surface area contributed by atoms with Gasteiger partial charge in [-0.05, 0) is 25.0 Å². The van der Waals surface area contributed by atoms with Gasteiger partial charge >= 0.3 is 5.97 Å². The summed E-state index contributed by atoms with van der Waals surface area (Å²) < 4.78 is 1.88. The van der Waals surface area contributed by atoms with Crippen LogP contribution in [0.4, 0.5) is 5.69 Å². The van der Waals surface area contributed by atoms with Crippen molar-refractivity contribution in [3.63, 3.8) is 0 Å². The van der Waals surface area contributed by atoms with Crippen molar-refractivity contribution in [3.8, 4) is 0 Å². The summed E-state index contributed by atoms with van der Waals surface area (Å²) in [6.07, 6.45) is 7.64. The monoisotopic (exact) mass is 259 g/mol. The number of carbonyl (C=O) groups is 1. The fourth-order valence-corrected chi connectivity index (χ4v) is 2.93. The van der Waals surface area contributed by atoms with E-state index in [-0.39, 0.29) is 5.69 Å². The molecular formula is C14H17N3O2. The summed E-state index contributed by atoms with van der Waals surface area (Å²) in [5.41, 5.74) is 7.00. The number of nitrogen functional groups attached to an aromatic ring is 1. The molecule has 0 unspecified atom stereocenters. The molecule has 3 rings (SSSR count). The Morgan fingerprint density at radius 3 is 2.79 bits per heavy atom. The molecule has 5 nitrogen and oxygen atoms in total. The Hall–Kier alpha value is -2.04. The number of nitrogens with two attached hydrogens (primary N) is 1. The van der Waals surface area contributed by atoms with Crippen LogP contribution in [0.2, 0.25) is 0 Å². The summed E-state index contributed by atoms with van der Waals surface area (Å²) in [6, 6.07) is 3.47. The first-order valence-corrected chi connectivity index (χ1v) is 6.67. The lowest BCUT2D eigenvalue weighted by molar-refractivity contribution is 0.0693. The minimum absolute atomic E-state index is 0.105. The Bertz CT molecular complexity index is 627. The number of imidazole rings is 1. The Balaban J connectivity index is 2.16. The number of hydrogen-bond acceptors (Lipinski definition) is 3. The molecule has 1 saturated carbocycles. The first-order chi connectivity index (χ1) is 9.16. The number of aromatic nitrogens is 2. The number of pyridine rings is 1. The van der Waals surface area contributed by atoms with Gasteiger partial charge in [-0.2, -0.15) is 0 Å². The molecule has 0 saturated heterocycles. The van der Waals surface area contributed by atoms with Crippen LogP contribution in [0.25, 0.3) is 5.52 Å². The maximum Gasteiger partial charge on any atom is 0.356 e. The maximum atomic E-state index is 11.3. The van der Waals surface area contributed by atoms with E-state index in [1.54, 1.807) is 12.1 Å². The first kappa shape index (κ1) is 12.0. The highest BCUT2D eigenvalue weighted by atomic mass is 16.4. The lowest BCUT2D eigenvalue weighted by atomic mass is 9.89. The molecule has 19 heavy (non-hydrogen) atoms. The van der Waals surface area contributed by atoms with E-state index in [9.17, 15) is 9.90 Å². The molecular weight excluding hydrogens is 242 g/mol. The number of aromatic carboxylic acids is 1. The van der Waals surface area contributed by atoms with E-state index >= 15 is 0 Å². The number of anilines is 1. The van der Waals surface area contributed by atoms with Gasteiger partial charge in [0.25, 0.3) is 0 Å². The number of carboxylic acids is 1. The topological polar surface area (TPSA) is 80.6 Å². The third-order valence-corrected chi connectivity index (χ3v) is 3.87. The fraction of sp³-hybridized carbons (Fsp3) is 0.429. The normalized spacial score (nSPS) is 16.8. The lowest BCUT2D eigenvalue weighted by Gasteiger charge is -2.20. The third kappa shape index (κ3) is 2.05. The van der Waals surface area contributed by atoms with Crippen molar-refractivity contribution in [2.45, 2.75) is 38.0 Å². The minimum Gasteiger partial charge on any atom is -0.476 e. The van der Waals surface area contributed by atoms with E-state index in [1.165, 1.54) is 19.3 Å². The molecule has 0 aromatic carbocycles. The highest BCUT2D eigenvalue weighted by Gasteiger charge is 2.24. The average molecular weight is 259 g/mol. The number of hydrogen-bond donors (Lipinski definition) is 2. The molecule has 2 aromatic rings. The van der Waals surface area contributed by atoms with Crippen LogP contribution in [0.15, 0.2) is 18.3 Å². The van der Waals surface area contributed by atoms with Crippen LogP contribution >= 0.6 is 0 Å². The van der Waals surface area contributed by atoms with E-state index in [4.69, 9.17) is 5.73 Å². The van der Waals surface area contributed by atoms with Gasteiger partial charge in [0.1, 0.15) is 5.82 Å². The summed E-state index contributed by atoms with van der Waals surface area (Å²) in [5.74, 6) is 0.232. The fourth-order valence-electron chi connectivity index (χ4n) is 2.93. The van der Waals surface area contributed by atoms with E-state index in [0.29, 0.717) is 17.1 Å². The van der Waals surface area contributed by atoms with Gasteiger partial charge in [-0.1, -0.05) is 19.3 Å². The van der Waals surface area contributed by atoms with Crippen LogP contribution in [0.5, 0.6) is 0 Å². The van der Waals surface area contributed by atoms with Gasteiger partial charge in [-0.25, -0.2) is 9.78 Å². The zero-order valence-corrected chi connectivity index (χ0v) is 10.7. The Kier molecular flexibility index (Phi) is 2.89. The molecule has 100 valence electrons. The second kappa shape index (κ2) is 4.57. The number of rotatable bonds is 2. The van der Waals surface area contributed by atoms with Crippen molar-refractivity contribution in [3.05, 3.63) is 29.8 Å². The average Bonchev–Trinajstić information content (AvgIpc) is 2.78. The van der Waals surface area contributed by atoms with Gasteiger partial charge in [-0.15, -0.1) is 0 Å². The van der Waals surface area contributed by atoms with Gasteiger partial charge in [-0.3, -0.25) is 0 Å². The van der Waals surface area contributed by atoms with Crippen LogP contribution in [-0.2, 0) is 0 Å². The molecule has 0 amide bonds. The zero-order valence-electron chi connectivity index (χ0n) is 10.7. The SMILES string of the molecule is Nc1ccn2c(C3CCCCC3)nc(C(=O)O)c2c1. The van der Waals surface area contributed by atoms with Crippen molar-refractivity contribution in [1.82, 2.24) is 9.38 Å². The zero-order chi connectivity index (χ0) is 13.4. The van der Waals surface area contributed by atoms with Gasteiger partial charge in [0.2, 0.25) is 0 Å². The summed E-state index contributed by atoms with van der Waals surface area (Å²) in [4.78, 5) is 15.7. The number of carboxylic acid groups (broad SMARTS) is 1. The van der Waals surface area contributed by atoms with Crippen LogP contribution in [-0.4, -0.2) is 20.5 Å². The van der Waals surface area contributed by atoms with Crippen molar-refractivity contribution in [1.29, 1.82) is 0 Å². The van der Waals surface area contributed by atoms with Gasteiger partial charge in [0, 0.05) is 17.8 Å². The largest absolute Gasteiger partial charge is 0.476 e. The van der Waals surface area contributed by atoms with Crippen molar-refractivity contribution >= 4 is 17.2 Å². The molecule has 0 spiro atoms. The van der Waals surface area contributed by atoms with Gasteiger partial charge in [0.15, 0.2) is 5.69 Å². The smallest absolute Gasteiger partial charge is 0.356 e.